The molecule has 2 N–H and O–H groups in total. The Balaban J connectivity index is 2.65. The summed E-state index contributed by atoms with van der Waals surface area (Å²) in [6, 6.07) is 5.48. The number of aliphatic imine (C=N–C) groups is 1. The smallest absolute Gasteiger partial charge is 0.124 e. The molecule has 0 atom stereocenters. The Morgan fingerprint density at radius 3 is 3.00 bits per heavy atom. The molecule has 0 spiro atoms. The predicted molar refractivity (Wildman–Crippen MR) is 59.2 cm³/mol. The zero-order chi connectivity index (χ0) is 10.4. The lowest BCUT2D eigenvalue weighted by atomic mass is 10.1. The van der Waals surface area contributed by atoms with Crippen LogP contribution < -0.4 is 5.32 Å². The van der Waals surface area contributed by atoms with Gasteiger partial charge in [0.1, 0.15) is 5.75 Å². The van der Waals surface area contributed by atoms with Gasteiger partial charge in [0.2, 0.25) is 0 Å². The lowest BCUT2D eigenvalue weighted by Crippen LogP contribution is -2.10. The van der Waals surface area contributed by atoms with Gasteiger partial charge in [0.05, 0.1) is 6.54 Å². The number of hydrogen-bond donors (Lipinski definition) is 2. The average molecular weight is 192 g/mol. The largest absolute Gasteiger partial charge is 0.507 e. The molecule has 76 valence electrons. The summed E-state index contributed by atoms with van der Waals surface area (Å²) in [6.07, 6.45) is 1.71. The van der Waals surface area contributed by atoms with Gasteiger partial charge in [-0.2, -0.15) is 0 Å². The van der Waals surface area contributed by atoms with Crippen molar-refractivity contribution in [1.82, 2.24) is 5.32 Å². The van der Waals surface area contributed by atoms with E-state index in [1.807, 2.05) is 26.1 Å². The van der Waals surface area contributed by atoms with Gasteiger partial charge in [-0.3, -0.25) is 4.99 Å². The van der Waals surface area contributed by atoms with Crippen LogP contribution >= 0.6 is 0 Å². The van der Waals surface area contributed by atoms with E-state index >= 15 is 0 Å². The normalized spacial score (nSPS) is 11.0. The van der Waals surface area contributed by atoms with E-state index in [0.717, 1.165) is 24.2 Å². The van der Waals surface area contributed by atoms with E-state index in [0.29, 0.717) is 0 Å². The average Bonchev–Trinajstić information content (AvgIpc) is 2.18. The molecule has 0 aliphatic rings. The van der Waals surface area contributed by atoms with Crippen LogP contribution in [-0.2, 0) is 0 Å². The Hall–Kier alpha value is -1.35. The number of aromatic hydroxyl groups is 1. The minimum absolute atomic E-state index is 0.281. The van der Waals surface area contributed by atoms with Crippen molar-refractivity contribution in [2.24, 2.45) is 4.99 Å². The zero-order valence-electron chi connectivity index (χ0n) is 8.62. The van der Waals surface area contributed by atoms with Crippen LogP contribution in [0.1, 0.15) is 11.1 Å². The minimum atomic E-state index is 0.281. The molecule has 3 heteroatoms. The van der Waals surface area contributed by atoms with Crippen molar-refractivity contribution < 1.29 is 5.11 Å². The van der Waals surface area contributed by atoms with E-state index in [2.05, 4.69) is 10.3 Å². The highest BCUT2D eigenvalue weighted by Crippen LogP contribution is 2.15. The van der Waals surface area contributed by atoms with Gasteiger partial charge in [-0.1, -0.05) is 11.6 Å². The Labute approximate surface area is 84.5 Å². The number of nitrogens with one attached hydrogen (secondary N) is 1. The van der Waals surface area contributed by atoms with Gasteiger partial charge in [-0.05, 0) is 26.1 Å². The second-order valence-electron chi connectivity index (χ2n) is 3.20. The maximum atomic E-state index is 9.48. The Bertz CT molecular complexity index is 321. The van der Waals surface area contributed by atoms with Crippen molar-refractivity contribution in [3.63, 3.8) is 0 Å². The number of likely N-dealkylation sites (N-methyl/N-ethyl adjacent to an activating group) is 1. The zero-order valence-corrected chi connectivity index (χ0v) is 8.62. The van der Waals surface area contributed by atoms with Crippen molar-refractivity contribution in [3.05, 3.63) is 29.3 Å². The van der Waals surface area contributed by atoms with E-state index in [4.69, 9.17) is 0 Å². The molecule has 0 bridgehead atoms. The number of nitrogens with zero attached hydrogens (tertiary/aromatic N) is 1. The van der Waals surface area contributed by atoms with E-state index in [1.165, 1.54) is 0 Å². The molecule has 1 aromatic carbocycles. The fourth-order valence-electron chi connectivity index (χ4n) is 1.12. The summed E-state index contributed by atoms with van der Waals surface area (Å²) in [5.74, 6) is 0.281. The molecule has 0 saturated carbocycles. The molecule has 1 rings (SSSR count). The van der Waals surface area contributed by atoms with Crippen molar-refractivity contribution in [1.29, 1.82) is 0 Å². The number of benzene rings is 1. The second kappa shape index (κ2) is 5.40. The van der Waals surface area contributed by atoms with Gasteiger partial charge in [0.15, 0.2) is 0 Å². The molecular weight excluding hydrogens is 176 g/mol. The van der Waals surface area contributed by atoms with Gasteiger partial charge in [0.25, 0.3) is 0 Å². The number of rotatable bonds is 4. The summed E-state index contributed by atoms with van der Waals surface area (Å²) in [7, 11) is 1.89. The molecule has 0 amide bonds. The quantitative estimate of drug-likeness (QED) is 0.558. The third-order valence-corrected chi connectivity index (χ3v) is 1.90. The van der Waals surface area contributed by atoms with Gasteiger partial charge in [-0.25, -0.2) is 0 Å². The number of phenols is 1. The first-order chi connectivity index (χ1) is 6.74. The van der Waals surface area contributed by atoms with E-state index in [9.17, 15) is 5.11 Å². The maximum absolute atomic E-state index is 9.48. The highest BCUT2D eigenvalue weighted by molar-refractivity contribution is 5.83. The van der Waals surface area contributed by atoms with Gasteiger partial charge in [0, 0.05) is 18.3 Å². The Kier molecular flexibility index (Phi) is 4.13. The molecule has 0 heterocycles. The van der Waals surface area contributed by atoms with Crippen LogP contribution in [0.15, 0.2) is 23.2 Å². The van der Waals surface area contributed by atoms with Gasteiger partial charge < -0.3 is 10.4 Å². The molecule has 0 unspecified atom stereocenters. The fourth-order valence-corrected chi connectivity index (χ4v) is 1.12. The number of aryl methyl sites for hydroxylation is 1. The third kappa shape index (κ3) is 3.18. The second-order valence-corrected chi connectivity index (χ2v) is 3.20. The molecule has 14 heavy (non-hydrogen) atoms. The van der Waals surface area contributed by atoms with Crippen LogP contribution in [0.5, 0.6) is 5.75 Å². The molecule has 0 aliphatic heterocycles. The summed E-state index contributed by atoms with van der Waals surface area (Å²) >= 11 is 0. The van der Waals surface area contributed by atoms with Crippen LogP contribution in [0.2, 0.25) is 0 Å². The predicted octanol–water partition coefficient (Wildman–Crippen LogP) is 1.34. The molecular formula is C11H16N2O. The molecule has 0 fully saturated rings. The van der Waals surface area contributed by atoms with Crippen LogP contribution in [0.3, 0.4) is 0 Å². The first kappa shape index (κ1) is 10.7. The van der Waals surface area contributed by atoms with Crippen LogP contribution in [0, 0.1) is 6.92 Å². The van der Waals surface area contributed by atoms with Crippen molar-refractivity contribution in [3.8, 4) is 5.75 Å². The highest BCUT2D eigenvalue weighted by Gasteiger charge is 1.96. The Morgan fingerprint density at radius 1 is 1.50 bits per heavy atom. The van der Waals surface area contributed by atoms with E-state index in [1.54, 1.807) is 12.3 Å². The molecule has 3 nitrogen and oxygen atoms in total. The van der Waals surface area contributed by atoms with E-state index in [-0.39, 0.29) is 5.75 Å². The van der Waals surface area contributed by atoms with Crippen molar-refractivity contribution >= 4 is 6.21 Å². The van der Waals surface area contributed by atoms with Crippen molar-refractivity contribution in [2.45, 2.75) is 6.92 Å². The van der Waals surface area contributed by atoms with E-state index < -0.39 is 0 Å². The fraction of sp³-hybridized carbons (Fsp3) is 0.364. The number of phenolic OH excluding ortho intramolecular Hbond substituents is 1. The summed E-state index contributed by atoms with van der Waals surface area (Å²) in [4.78, 5) is 4.19. The van der Waals surface area contributed by atoms with Crippen LogP contribution in [0.4, 0.5) is 0 Å². The van der Waals surface area contributed by atoms with Gasteiger partial charge in [-0.15, -0.1) is 0 Å². The molecule has 0 aliphatic carbocycles. The molecule has 0 saturated heterocycles. The maximum Gasteiger partial charge on any atom is 0.124 e. The lowest BCUT2D eigenvalue weighted by molar-refractivity contribution is 0.474. The minimum Gasteiger partial charge on any atom is -0.507 e. The third-order valence-electron chi connectivity index (χ3n) is 1.90. The lowest BCUT2D eigenvalue weighted by Gasteiger charge is -1.99. The van der Waals surface area contributed by atoms with Crippen molar-refractivity contribution in [2.75, 3.05) is 20.1 Å². The monoisotopic (exact) mass is 192 g/mol. The van der Waals surface area contributed by atoms with Crippen LogP contribution in [-0.4, -0.2) is 31.5 Å². The summed E-state index contributed by atoms with van der Waals surface area (Å²) < 4.78 is 0. The van der Waals surface area contributed by atoms with Crippen LogP contribution in [0.25, 0.3) is 0 Å². The molecule has 1 aromatic rings. The first-order valence-electron chi connectivity index (χ1n) is 4.68. The molecule has 0 aromatic heterocycles. The summed E-state index contributed by atoms with van der Waals surface area (Å²) in [5, 5.41) is 12.5. The molecule has 0 radical (unpaired) electrons. The summed E-state index contributed by atoms with van der Waals surface area (Å²) in [5.41, 5.74) is 1.90. The topological polar surface area (TPSA) is 44.6 Å². The Morgan fingerprint density at radius 2 is 2.29 bits per heavy atom. The van der Waals surface area contributed by atoms with Gasteiger partial charge >= 0.3 is 0 Å². The summed E-state index contributed by atoms with van der Waals surface area (Å²) in [6.45, 7) is 3.57. The number of hydrogen-bond acceptors (Lipinski definition) is 3. The SMILES string of the molecule is CNCCN=Cc1cc(C)ccc1O. The highest BCUT2D eigenvalue weighted by atomic mass is 16.3. The standard InChI is InChI=1S/C11H16N2O/c1-9-3-4-11(14)10(7-9)8-13-6-5-12-2/h3-4,7-8,12,14H,5-6H2,1-2H3. The first-order valence-corrected chi connectivity index (χ1v) is 4.68.